The molecule has 0 fully saturated rings. The summed E-state index contributed by atoms with van der Waals surface area (Å²) < 4.78 is 13.4. The van der Waals surface area contributed by atoms with Gasteiger partial charge < -0.3 is 11.5 Å². The molecule has 0 bridgehead atoms. The topological polar surface area (TPSA) is 77.8 Å². The third-order valence-electron chi connectivity index (χ3n) is 2.00. The van der Waals surface area contributed by atoms with Gasteiger partial charge >= 0.3 is 0 Å². The fraction of sp³-hybridized carbons (Fsp3) is 0. The van der Waals surface area contributed by atoms with Crippen LogP contribution in [0.3, 0.4) is 0 Å². The van der Waals surface area contributed by atoms with E-state index in [0.717, 1.165) is 0 Å². The van der Waals surface area contributed by atoms with Gasteiger partial charge in [-0.15, -0.1) is 10.2 Å². The van der Waals surface area contributed by atoms with E-state index >= 15 is 0 Å². The average molecular weight is 204 g/mol. The molecule has 4 N–H and O–H groups in total. The van der Waals surface area contributed by atoms with Crippen molar-refractivity contribution in [3.8, 4) is 11.3 Å². The van der Waals surface area contributed by atoms with E-state index in [1.54, 1.807) is 18.2 Å². The van der Waals surface area contributed by atoms with Crippen LogP contribution in [-0.2, 0) is 0 Å². The summed E-state index contributed by atoms with van der Waals surface area (Å²) in [5, 5.41) is 7.41. The Kier molecular flexibility index (Phi) is 2.21. The van der Waals surface area contributed by atoms with Crippen molar-refractivity contribution in [1.82, 2.24) is 10.2 Å². The van der Waals surface area contributed by atoms with Gasteiger partial charge in [-0.1, -0.05) is 12.1 Å². The Morgan fingerprint density at radius 1 is 1.07 bits per heavy atom. The molecule has 0 aliphatic rings. The number of anilines is 2. The zero-order valence-corrected chi connectivity index (χ0v) is 7.81. The molecule has 0 saturated carbocycles. The number of aromatic nitrogens is 2. The van der Waals surface area contributed by atoms with Gasteiger partial charge in [0, 0.05) is 5.56 Å². The van der Waals surface area contributed by atoms with E-state index in [0.29, 0.717) is 16.9 Å². The molecule has 0 saturated heterocycles. The second-order valence-corrected chi connectivity index (χ2v) is 3.05. The van der Waals surface area contributed by atoms with Gasteiger partial charge in [-0.25, -0.2) is 4.39 Å². The first-order chi connectivity index (χ1) is 7.18. The minimum Gasteiger partial charge on any atom is -0.396 e. The highest BCUT2D eigenvalue weighted by Crippen LogP contribution is 2.22. The van der Waals surface area contributed by atoms with E-state index in [4.69, 9.17) is 11.5 Å². The van der Waals surface area contributed by atoms with Crippen LogP contribution in [0.15, 0.2) is 30.3 Å². The van der Waals surface area contributed by atoms with Crippen LogP contribution in [0.2, 0.25) is 0 Å². The van der Waals surface area contributed by atoms with Crippen molar-refractivity contribution < 1.29 is 4.39 Å². The highest BCUT2D eigenvalue weighted by Gasteiger charge is 2.07. The Bertz CT molecular complexity index is 499. The van der Waals surface area contributed by atoms with Crippen molar-refractivity contribution in [3.05, 3.63) is 36.1 Å². The molecule has 2 aromatic rings. The van der Waals surface area contributed by atoms with Gasteiger partial charge in [0.25, 0.3) is 0 Å². The Labute approximate surface area is 85.7 Å². The molecule has 1 heterocycles. The van der Waals surface area contributed by atoms with E-state index in [1.807, 2.05) is 0 Å². The summed E-state index contributed by atoms with van der Waals surface area (Å²) in [4.78, 5) is 0. The number of nitrogens with two attached hydrogens (primary N) is 2. The van der Waals surface area contributed by atoms with Gasteiger partial charge in [-0.3, -0.25) is 0 Å². The second kappa shape index (κ2) is 3.53. The minimum absolute atomic E-state index is 0.148. The third kappa shape index (κ3) is 1.71. The van der Waals surface area contributed by atoms with Crippen molar-refractivity contribution in [2.24, 2.45) is 0 Å². The SMILES string of the molecule is Nc1cc(-c2ccccc2F)nnc1N. The van der Waals surface area contributed by atoms with Crippen molar-refractivity contribution in [2.45, 2.75) is 0 Å². The molecule has 5 heteroatoms. The van der Waals surface area contributed by atoms with Crippen LogP contribution in [-0.4, -0.2) is 10.2 Å². The molecule has 0 radical (unpaired) electrons. The molecule has 0 spiro atoms. The predicted octanol–water partition coefficient (Wildman–Crippen LogP) is 1.45. The summed E-state index contributed by atoms with van der Waals surface area (Å²) in [6, 6.07) is 7.78. The van der Waals surface area contributed by atoms with Gasteiger partial charge in [0.2, 0.25) is 0 Å². The van der Waals surface area contributed by atoms with Gasteiger partial charge in [-0.2, -0.15) is 0 Å². The third-order valence-corrected chi connectivity index (χ3v) is 2.00. The van der Waals surface area contributed by atoms with Gasteiger partial charge in [0.15, 0.2) is 5.82 Å². The Balaban J connectivity index is 2.55. The Morgan fingerprint density at radius 3 is 2.47 bits per heavy atom. The molecule has 0 aliphatic heterocycles. The quantitative estimate of drug-likeness (QED) is 0.736. The van der Waals surface area contributed by atoms with Gasteiger partial charge in [0.05, 0.1) is 11.4 Å². The van der Waals surface area contributed by atoms with Crippen molar-refractivity contribution >= 4 is 11.5 Å². The highest BCUT2D eigenvalue weighted by atomic mass is 19.1. The number of nitrogens with zero attached hydrogens (tertiary/aromatic N) is 2. The van der Waals surface area contributed by atoms with Gasteiger partial charge in [-0.05, 0) is 18.2 Å². The Hall–Kier alpha value is -2.17. The Morgan fingerprint density at radius 2 is 1.80 bits per heavy atom. The molecule has 4 nitrogen and oxygen atoms in total. The first kappa shape index (κ1) is 9.39. The maximum Gasteiger partial charge on any atom is 0.169 e. The largest absolute Gasteiger partial charge is 0.396 e. The van der Waals surface area contributed by atoms with Crippen LogP contribution in [0.5, 0.6) is 0 Å². The fourth-order valence-electron chi connectivity index (χ4n) is 1.22. The molecule has 1 aromatic carbocycles. The van der Waals surface area contributed by atoms with E-state index < -0.39 is 0 Å². The zero-order valence-electron chi connectivity index (χ0n) is 7.81. The average Bonchev–Trinajstić information content (AvgIpc) is 2.23. The molecule has 0 unspecified atom stereocenters. The first-order valence-corrected chi connectivity index (χ1v) is 4.32. The summed E-state index contributed by atoms with van der Waals surface area (Å²) in [5.74, 6) is -0.217. The number of hydrogen-bond donors (Lipinski definition) is 2. The molecular weight excluding hydrogens is 195 g/mol. The van der Waals surface area contributed by atoms with E-state index in [1.165, 1.54) is 12.1 Å². The molecule has 0 aliphatic carbocycles. The van der Waals surface area contributed by atoms with Crippen LogP contribution >= 0.6 is 0 Å². The molecule has 1 aromatic heterocycles. The van der Waals surface area contributed by atoms with E-state index in [-0.39, 0.29) is 11.6 Å². The number of rotatable bonds is 1. The summed E-state index contributed by atoms with van der Waals surface area (Å²) in [6.07, 6.45) is 0. The monoisotopic (exact) mass is 204 g/mol. The highest BCUT2D eigenvalue weighted by molar-refractivity contribution is 5.68. The predicted molar refractivity (Wildman–Crippen MR) is 56.3 cm³/mol. The van der Waals surface area contributed by atoms with Crippen LogP contribution in [0.1, 0.15) is 0 Å². The summed E-state index contributed by atoms with van der Waals surface area (Å²) in [5.41, 5.74) is 12.0. The summed E-state index contributed by atoms with van der Waals surface area (Å²) >= 11 is 0. The van der Waals surface area contributed by atoms with Crippen molar-refractivity contribution in [2.75, 3.05) is 11.5 Å². The second-order valence-electron chi connectivity index (χ2n) is 3.05. The van der Waals surface area contributed by atoms with Crippen molar-refractivity contribution in [1.29, 1.82) is 0 Å². The van der Waals surface area contributed by atoms with Crippen LogP contribution in [0.4, 0.5) is 15.9 Å². The van der Waals surface area contributed by atoms with E-state index in [2.05, 4.69) is 10.2 Å². The maximum absolute atomic E-state index is 13.4. The van der Waals surface area contributed by atoms with Crippen LogP contribution in [0, 0.1) is 5.82 Å². The van der Waals surface area contributed by atoms with Crippen LogP contribution in [0.25, 0.3) is 11.3 Å². The summed E-state index contributed by atoms with van der Waals surface area (Å²) in [6.45, 7) is 0. The maximum atomic E-state index is 13.4. The van der Waals surface area contributed by atoms with Crippen molar-refractivity contribution in [3.63, 3.8) is 0 Å². The number of nitrogen functional groups attached to an aromatic ring is 2. The normalized spacial score (nSPS) is 10.2. The van der Waals surface area contributed by atoms with Gasteiger partial charge in [0.1, 0.15) is 5.82 Å². The number of halogens is 1. The standard InChI is InChI=1S/C10H9FN4/c11-7-4-2-1-3-6(7)9-5-8(12)10(13)15-14-9/h1-5H,(H2,12,14)(H2,13,15). The molecular formula is C10H9FN4. The minimum atomic E-state index is -0.365. The lowest BCUT2D eigenvalue weighted by Gasteiger charge is -2.03. The first-order valence-electron chi connectivity index (χ1n) is 4.32. The molecule has 0 atom stereocenters. The molecule has 15 heavy (non-hydrogen) atoms. The lowest BCUT2D eigenvalue weighted by atomic mass is 10.1. The number of benzene rings is 1. The van der Waals surface area contributed by atoms with E-state index in [9.17, 15) is 4.39 Å². The smallest absolute Gasteiger partial charge is 0.169 e. The molecule has 2 rings (SSSR count). The lowest BCUT2D eigenvalue weighted by molar-refractivity contribution is 0.630. The zero-order chi connectivity index (χ0) is 10.8. The fourth-order valence-corrected chi connectivity index (χ4v) is 1.22. The molecule has 0 amide bonds. The lowest BCUT2D eigenvalue weighted by Crippen LogP contribution is -2.01. The molecule has 76 valence electrons. The summed E-state index contributed by atoms with van der Waals surface area (Å²) in [7, 11) is 0. The number of hydrogen-bond acceptors (Lipinski definition) is 4. The van der Waals surface area contributed by atoms with Crippen LogP contribution < -0.4 is 11.5 Å².